The Kier molecular flexibility index (Phi) is 6.42. The molecule has 1 atom stereocenters. The minimum atomic E-state index is -0.613. The Hall–Kier alpha value is -3.71. The summed E-state index contributed by atoms with van der Waals surface area (Å²) in [6.45, 7) is 5.47. The first kappa shape index (κ1) is 22.5. The third kappa shape index (κ3) is 4.45. The Morgan fingerprint density at radius 2 is 1.88 bits per heavy atom. The van der Waals surface area contributed by atoms with Gasteiger partial charge in [0, 0.05) is 19.8 Å². The van der Waals surface area contributed by atoms with Crippen molar-refractivity contribution in [2.24, 2.45) is 4.99 Å². The van der Waals surface area contributed by atoms with E-state index in [9.17, 15) is 9.59 Å². The zero-order valence-corrected chi connectivity index (χ0v) is 19.6. The molecule has 0 radical (unpaired) electrons. The Labute approximate surface area is 196 Å². The van der Waals surface area contributed by atoms with Crippen LogP contribution in [0.15, 0.2) is 88.3 Å². The maximum absolute atomic E-state index is 13.5. The van der Waals surface area contributed by atoms with Crippen LogP contribution in [-0.2, 0) is 9.53 Å². The van der Waals surface area contributed by atoms with E-state index in [1.807, 2.05) is 79.7 Å². The first-order valence-corrected chi connectivity index (χ1v) is 11.3. The SMILES string of the molecule is C=CCOC(=O)C1=C(C)N=c2s/c(=C/c3ccc(N(C)C)cc3)c(=O)n2[C@@H]1c1ccccc1. The number of thiazole rings is 1. The van der Waals surface area contributed by atoms with Crippen molar-refractivity contribution >= 4 is 29.1 Å². The second-order valence-electron chi connectivity index (χ2n) is 7.87. The minimum absolute atomic E-state index is 0.0878. The van der Waals surface area contributed by atoms with Gasteiger partial charge in [0.1, 0.15) is 6.61 Å². The van der Waals surface area contributed by atoms with Crippen molar-refractivity contribution in [2.75, 3.05) is 25.6 Å². The molecule has 0 unspecified atom stereocenters. The number of ether oxygens (including phenoxy) is 1. The molecule has 0 bridgehead atoms. The smallest absolute Gasteiger partial charge is 0.338 e. The molecule has 0 saturated heterocycles. The van der Waals surface area contributed by atoms with Gasteiger partial charge in [-0.3, -0.25) is 9.36 Å². The average Bonchev–Trinajstić information content (AvgIpc) is 3.11. The number of anilines is 1. The molecule has 33 heavy (non-hydrogen) atoms. The third-order valence-electron chi connectivity index (χ3n) is 5.40. The van der Waals surface area contributed by atoms with Crippen LogP contribution in [0.2, 0.25) is 0 Å². The largest absolute Gasteiger partial charge is 0.458 e. The van der Waals surface area contributed by atoms with Gasteiger partial charge in [-0.1, -0.05) is 66.5 Å². The number of hydrogen-bond donors (Lipinski definition) is 0. The third-order valence-corrected chi connectivity index (χ3v) is 6.38. The first-order valence-electron chi connectivity index (χ1n) is 10.5. The van der Waals surface area contributed by atoms with Gasteiger partial charge in [0.05, 0.1) is 21.8 Å². The van der Waals surface area contributed by atoms with Gasteiger partial charge in [-0.25, -0.2) is 9.79 Å². The quantitative estimate of drug-likeness (QED) is 0.420. The molecule has 0 N–H and O–H groups in total. The summed E-state index contributed by atoms with van der Waals surface area (Å²) in [4.78, 5) is 33.7. The topological polar surface area (TPSA) is 63.9 Å². The van der Waals surface area contributed by atoms with E-state index >= 15 is 0 Å². The number of benzene rings is 2. The van der Waals surface area contributed by atoms with E-state index in [4.69, 9.17) is 4.74 Å². The summed E-state index contributed by atoms with van der Waals surface area (Å²) in [7, 11) is 3.97. The molecule has 0 fully saturated rings. The molecule has 1 aliphatic rings. The highest BCUT2D eigenvalue weighted by molar-refractivity contribution is 7.07. The molecule has 1 aromatic heterocycles. The van der Waals surface area contributed by atoms with E-state index < -0.39 is 12.0 Å². The van der Waals surface area contributed by atoms with Crippen LogP contribution in [0.4, 0.5) is 5.69 Å². The summed E-state index contributed by atoms with van der Waals surface area (Å²) in [5.41, 5.74) is 3.53. The number of fused-ring (bicyclic) bond motifs is 1. The van der Waals surface area contributed by atoms with Crippen molar-refractivity contribution in [3.8, 4) is 0 Å². The average molecular weight is 460 g/mol. The molecule has 0 aliphatic carbocycles. The van der Waals surface area contributed by atoms with Gasteiger partial charge in [0.25, 0.3) is 5.56 Å². The van der Waals surface area contributed by atoms with Crippen LogP contribution in [0.1, 0.15) is 24.1 Å². The van der Waals surface area contributed by atoms with E-state index in [-0.39, 0.29) is 12.2 Å². The standard InChI is InChI=1S/C26H25N3O3S/c1-5-15-32-25(31)22-17(2)27-26-29(23(22)19-9-7-6-8-10-19)24(30)21(33-26)16-18-11-13-20(14-12-18)28(3)4/h5-14,16,23H,1,15H2,2-4H3/b21-16+/t23-/m1/s1. The molecule has 168 valence electrons. The summed E-state index contributed by atoms with van der Waals surface area (Å²) >= 11 is 1.32. The maximum Gasteiger partial charge on any atom is 0.338 e. The summed E-state index contributed by atoms with van der Waals surface area (Å²) in [6, 6.07) is 16.8. The van der Waals surface area contributed by atoms with Crippen molar-refractivity contribution in [2.45, 2.75) is 13.0 Å². The van der Waals surface area contributed by atoms with Crippen LogP contribution in [0, 0.1) is 0 Å². The number of rotatable bonds is 6. The normalized spacial score (nSPS) is 15.6. The number of esters is 1. The number of aromatic nitrogens is 1. The van der Waals surface area contributed by atoms with Crippen LogP contribution in [-0.4, -0.2) is 31.2 Å². The van der Waals surface area contributed by atoms with Crippen LogP contribution < -0.4 is 19.8 Å². The van der Waals surface area contributed by atoms with Crippen molar-refractivity contribution in [3.05, 3.63) is 109 Å². The summed E-state index contributed by atoms with van der Waals surface area (Å²) in [6.07, 6.45) is 3.38. The van der Waals surface area contributed by atoms with Crippen LogP contribution in [0.5, 0.6) is 0 Å². The number of allylic oxidation sites excluding steroid dienone is 1. The lowest BCUT2D eigenvalue weighted by Crippen LogP contribution is -2.39. The fourth-order valence-corrected chi connectivity index (χ4v) is 4.81. The molecular weight excluding hydrogens is 434 g/mol. The van der Waals surface area contributed by atoms with Crippen molar-refractivity contribution in [1.29, 1.82) is 0 Å². The van der Waals surface area contributed by atoms with Gasteiger partial charge in [-0.15, -0.1) is 0 Å². The van der Waals surface area contributed by atoms with Gasteiger partial charge in [0.2, 0.25) is 0 Å². The predicted molar refractivity (Wildman–Crippen MR) is 132 cm³/mol. The van der Waals surface area contributed by atoms with Crippen molar-refractivity contribution < 1.29 is 9.53 Å². The van der Waals surface area contributed by atoms with Crippen LogP contribution in [0.25, 0.3) is 6.08 Å². The first-order chi connectivity index (χ1) is 15.9. The molecule has 2 heterocycles. The van der Waals surface area contributed by atoms with Gasteiger partial charge in [-0.05, 0) is 36.3 Å². The summed E-state index contributed by atoms with van der Waals surface area (Å²) in [5, 5.41) is 0. The number of hydrogen-bond acceptors (Lipinski definition) is 6. The van der Waals surface area contributed by atoms with E-state index in [0.29, 0.717) is 20.6 Å². The number of carbonyl (C=O) groups excluding carboxylic acids is 1. The number of nitrogens with zero attached hydrogens (tertiary/aromatic N) is 3. The van der Waals surface area contributed by atoms with E-state index in [1.54, 1.807) is 11.5 Å². The van der Waals surface area contributed by atoms with E-state index in [1.165, 1.54) is 17.4 Å². The van der Waals surface area contributed by atoms with Crippen LogP contribution >= 0.6 is 11.3 Å². The fraction of sp³-hybridized carbons (Fsp3) is 0.192. The number of carbonyl (C=O) groups is 1. The zero-order valence-electron chi connectivity index (χ0n) is 18.8. The molecule has 0 saturated carbocycles. The lowest BCUT2D eigenvalue weighted by Gasteiger charge is -2.24. The lowest BCUT2D eigenvalue weighted by atomic mass is 9.96. The molecule has 4 rings (SSSR count). The molecule has 7 heteroatoms. The summed E-state index contributed by atoms with van der Waals surface area (Å²) in [5.74, 6) is -0.501. The van der Waals surface area contributed by atoms with Gasteiger partial charge in [0.15, 0.2) is 4.80 Å². The minimum Gasteiger partial charge on any atom is -0.458 e. The maximum atomic E-state index is 13.5. The highest BCUT2D eigenvalue weighted by Crippen LogP contribution is 2.30. The summed E-state index contributed by atoms with van der Waals surface area (Å²) < 4.78 is 7.49. The molecule has 6 nitrogen and oxygen atoms in total. The molecular formula is C26H25N3O3S. The van der Waals surface area contributed by atoms with Gasteiger partial charge in [-0.2, -0.15) is 0 Å². The molecule has 1 aliphatic heterocycles. The second-order valence-corrected chi connectivity index (χ2v) is 8.87. The highest BCUT2D eigenvalue weighted by Gasteiger charge is 2.33. The molecule has 0 amide bonds. The van der Waals surface area contributed by atoms with Crippen molar-refractivity contribution in [1.82, 2.24) is 4.57 Å². The monoisotopic (exact) mass is 459 g/mol. The molecule has 2 aromatic carbocycles. The Morgan fingerprint density at radius 3 is 2.52 bits per heavy atom. The Bertz CT molecular complexity index is 1400. The van der Waals surface area contributed by atoms with E-state index in [0.717, 1.165) is 16.8 Å². The molecule has 0 spiro atoms. The fourth-order valence-electron chi connectivity index (χ4n) is 3.77. The zero-order chi connectivity index (χ0) is 23.5. The van der Waals surface area contributed by atoms with E-state index in [2.05, 4.69) is 11.6 Å². The van der Waals surface area contributed by atoms with Gasteiger partial charge >= 0.3 is 5.97 Å². The lowest BCUT2D eigenvalue weighted by molar-refractivity contribution is -0.138. The molecule has 3 aromatic rings. The highest BCUT2D eigenvalue weighted by atomic mass is 32.1. The van der Waals surface area contributed by atoms with Crippen LogP contribution in [0.3, 0.4) is 0 Å². The van der Waals surface area contributed by atoms with Crippen molar-refractivity contribution in [3.63, 3.8) is 0 Å². The second kappa shape index (κ2) is 9.42. The van der Waals surface area contributed by atoms with Gasteiger partial charge < -0.3 is 9.64 Å². The predicted octanol–water partition coefficient (Wildman–Crippen LogP) is 3.03. The Morgan fingerprint density at radius 1 is 1.18 bits per heavy atom. The Balaban J connectivity index is 1.87.